The lowest BCUT2D eigenvalue weighted by Gasteiger charge is -2.51. The molecule has 0 aliphatic carbocycles. The molecule has 8 heteroatoms. The van der Waals surface area contributed by atoms with E-state index < -0.39 is 26.7 Å². The molecule has 3 nitrogen and oxygen atoms in total. The maximum atomic E-state index is 14.0. The number of halogens is 4. The predicted molar refractivity (Wildman–Crippen MR) is 128 cm³/mol. The number of benzene rings is 3. The molecule has 0 aromatic heterocycles. The lowest BCUT2D eigenvalue weighted by Crippen LogP contribution is -2.59. The molecule has 0 radical (unpaired) electrons. The number of sulfone groups is 1. The third-order valence-corrected chi connectivity index (χ3v) is 8.18. The molecule has 0 saturated carbocycles. The molecule has 0 amide bonds. The van der Waals surface area contributed by atoms with Crippen LogP contribution in [0.5, 0.6) is 0 Å². The van der Waals surface area contributed by atoms with Crippen molar-refractivity contribution in [1.29, 1.82) is 0 Å². The van der Waals surface area contributed by atoms with Gasteiger partial charge in [0.25, 0.3) is 0 Å². The van der Waals surface area contributed by atoms with Crippen LogP contribution in [0.1, 0.15) is 21.9 Å². The Morgan fingerprint density at radius 2 is 1.42 bits per heavy atom. The summed E-state index contributed by atoms with van der Waals surface area (Å²) in [4.78, 5) is 2.19. The molecule has 4 rings (SSSR count). The van der Waals surface area contributed by atoms with Crippen molar-refractivity contribution in [2.45, 2.75) is 24.3 Å². The second kappa shape index (κ2) is 9.71. The first-order chi connectivity index (χ1) is 15.6. The number of hydrogen-bond acceptors (Lipinski definition) is 3. The normalized spacial score (nSPS) is 19.8. The molecule has 1 aliphatic rings. The highest BCUT2D eigenvalue weighted by Crippen LogP contribution is 2.43. The lowest BCUT2D eigenvalue weighted by molar-refractivity contribution is 0.00473. The van der Waals surface area contributed by atoms with Crippen molar-refractivity contribution in [2.75, 3.05) is 12.8 Å². The van der Waals surface area contributed by atoms with E-state index in [1.165, 1.54) is 0 Å². The van der Waals surface area contributed by atoms with Gasteiger partial charge in [0.05, 0.1) is 5.25 Å². The molecule has 1 saturated heterocycles. The second-order valence-corrected chi connectivity index (χ2v) is 11.6. The molecule has 1 aliphatic heterocycles. The summed E-state index contributed by atoms with van der Waals surface area (Å²) >= 11 is 12.0. The van der Waals surface area contributed by atoms with Crippen LogP contribution in [0.2, 0.25) is 10.0 Å². The molecule has 0 spiro atoms. The Kier molecular flexibility index (Phi) is 7.10. The van der Waals surface area contributed by atoms with E-state index in [1.807, 2.05) is 36.4 Å². The van der Waals surface area contributed by atoms with Crippen LogP contribution in [0.4, 0.5) is 8.78 Å². The van der Waals surface area contributed by atoms with Crippen molar-refractivity contribution in [3.63, 3.8) is 0 Å². The molecule has 1 fully saturated rings. The maximum Gasteiger partial charge on any atom is 0.154 e. The highest BCUT2D eigenvalue weighted by Gasteiger charge is 2.47. The van der Waals surface area contributed by atoms with E-state index in [9.17, 15) is 17.2 Å². The standard InChI is InChI=1S/C25H23Cl2F2NO2S/c1-33(31,32)25(18-11-21(28)13-22(29)12-18)23-15-30(14-17-4-8-20(27)9-5-17)24(23)10-16-2-6-19(26)7-3-16/h2-9,11-13,23-25H,10,14-15H2,1H3/t23?,24?,25-/m1/s1. The fourth-order valence-electron chi connectivity index (χ4n) is 4.66. The summed E-state index contributed by atoms with van der Waals surface area (Å²) in [6, 6.07) is 17.8. The first-order valence-electron chi connectivity index (χ1n) is 10.5. The van der Waals surface area contributed by atoms with Gasteiger partial charge in [0.2, 0.25) is 0 Å². The van der Waals surface area contributed by atoms with Gasteiger partial charge >= 0.3 is 0 Å². The number of nitrogens with zero attached hydrogens (tertiary/aromatic N) is 1. The van der Waals surface area contributed by atoms with E-state index in [-0.39, 0.29) is 17.5 Å². The van der Waals surface area contributed by atoms with Crippen LogP contribution >= 0.6 is 23.2 Å². The van der Waals surface area contributed by atoms with Crippen LogP contribution in [-0.2, 0) is 22.8 Å². The Morgan fingerprint density at radius 1 is 0.909 bits per heavy atom. The Morgan fingerprint density at radius 3 is 1.94 bits per heavy atom. The van der Waals surface area contributed by atoms with Gasteiger partial charge in [0.15, 0.2) is 9.84 Å². The van der Waals surface area contributed by atoms with Crippen molar-refractivity contribution in [3.8, 4) is 0 Å². The van der Waals surface area contributed by atoms with Crippen LogP contribution in [0.3, 0.4) is 0 Å². The summed E-state index contributed by atoms with van der Waals surface area (Å²) in [5, 5.41) is 0.246. The lowest BCUT2D eigenvalue weighted by atomic mass is 9.79. The van der Waals surface area contributed by atoms with Gasteiger partial charge in [-0.05, 0) is 59.5 Å². The molecular weight excluding hydrogens is 487 g/mol. The minimum atomic E-state index is -3.64. The van der Waals surface area contributed by atoms with Gasteiger partial charge in [-0.15, -0.1) is 0 Å². The average Bonchev–Trinajstić information content (AvgIpc) is 2.72. The first kappa shape index (κ1) is 24.1. The van der Waals surface area contributed by atoms with Gasteiger partial charge in [-0.1, -0.05) is 47.5 Å². The molecular formula is C25H23Cl2F2NO2S. The van der Waals surface area contributed by atoms with Crippen LogP contribution in [0.15, 0.2) is 66.7 Å². The molecule has 0 bridgehead atoms. The minimum absolute atomic E-state index is 0.145. The predicted octanol–water partition coefficient (Wildman–Crippen LogP) is 6.10. The van der Waals surface area contributed by atoms with Crippen molar-refractivity contribution in [2.24, 2.45) is 5.92 Å². The largest absolute Gasteiger partial charge is 0.295 e. The fraction of sp³-hybridized carbons (Fsp3) is 0.280. The smallest absolute Gasteiger partial charge is 0.154 e. The summed E-state index contributed by atoms with van der Waals surface area (Å²) in [5.41, 5.74) is 2.20. The Labute approximate surface area is 202 Å². The molecule has 1 heterocycles. The Bertz CT molecular complexity index is 1210. The zero-order valence-corrected chi connectivity index (χ0v) is 20.2. The van der Waals surface area contributed by atoms with E-state index in [2.05, 4.69) is 4.90 Å². The van der Waals surface area contributed by atoms with Crippen LogP contribution in [0, 0.1) is 17.6 Å². The summed E-state index contributed by atoms with van der Waals surface area (Å²) in [5.74, 6) is -1.90. The highest BCUT2D eigenvalue weighted by molar-refractivity contribution is 7.90. The van der Waals surface area contributed by atoms with Crippen LogP contribution in [0.25, 0.3) is 0 Å². The van der Waals surface area contributed by atoms with Crippen LogP contribution in [-0.4, -0.2) is 32.2 Å². The maximum absolute atomic E-state index is 14.0. The number of likely N-dealkylation sites (tertiary alicyclic amines) is 1. The molecule has 3 aromatic carbocycles. The zero-order chi connectivity index (χ0) is 23.8. The zero-order valence-electron chi connectivity index (χ0n) is 17.9. The van der Waals surface area contributed by atoms with E-state index in [1.54, 1.807) is 12.1 Å². The van der Waals surface area contributed by atoms with E-state index in [0.29, 0.717) is 29.6 Å². The van der Waals surface area contributed by atoms with E-state index in [4.69, 9.17) is 23.2 Å². The first-order valence-corrected chi connectivity index (χ1v) is 13.2. The highest BCUT2D eigenvalue weighted by atomic mass is 35.5. The van der Waals surface area contributed by atoms with Crippen molar-refractivity contribution < 1.29 is 17.2 Å². The summed E-state index contributed by atoms with van der Waals surface area (Å²) in [6.07, 6.45) is 1.71. The molecule has 3 aromatic rings. The third kappa shape index (κ3) is 5.75. The molecule has 3 atom stereocenters. The summed E-state index contributed by atoms with van der Waals surface area (Å²) < 4.78 is 53.6. The third-order valence-electron chi connectivity index (χ3n) is 6.13. The summed E-state index contributed by atoms with van der Waals surface area (Å²) in [6.45, 7) is 1.09. The quantitative estimate of drug-likeness (QED) is 0.386. The fourth-order valence-corrected chi connectivity index (χ4v) is 6.44. The molecule has 2 unspecified atom stereocenters. The SMILES string of the molecule is CS(=O)(=O)[C@H](c1cc(F)cc(F)c1)C1CN(Cc2ccc(Cl)cc2)C1Cc1ccc(Cl)cc1. The van der Waals surface area contributed by atoms with Gasteiger partial charge in [-0.25, -0.2) is 17.2 Å². The Hall–Kier alpha value is -1.99. The average molecular weight is 510 g/mol. The summed E-state index contributed by atoms with van der Waals surface area (Å²) in [7, 11) is -3.64. The molecule has 174 valence electrons. The van der Waals surface area contributed by atoms with E-state index >= 15 is 0 Å². The van der Waals surface area contributed by atoms with Crippen molar-refractivity contribution >= 4 is 33.0 Å². The molecule has 0 N–H and O–H groups in total. The van der Waals surface area contributed by atoms with Gasteiger partial charge < -0.3 is 0 Å². The monoisotopic (exact) mass is 509 g/mol. The number of hydrogen-bond donors (Lipinski definition) is 0. The van der Waals surface area contributed by atoms with Gasteiger partial charge in [-0.3, -0.25) is 4.90 Å². The molecule has 33 heavy (non-hydrogen) atoms. The topological polar surface area (TPSA) is 37.4 Å². The van der Waals surface area contributed by atoms with Crippen molar-refractivity contribution in [3.05, 3.63) is 105 Å². The van der Waals surface area contributed by atoms with Gasteiger partial charge in [0, 0.05) is 47.4 Å². The number of rotatable bonds is 7. The van der Waals surface area contributed by atoms with Crippen molar-refractivity contribution in [1.82, 2.24) is 4.90 Å². The minimum Gasteiger partial charge on any atom is -0.295 e. The van der Waals surface area contributed by atoms with Gasteiger partial charge in [0.1, 0.15) is 11.6 Å². The Balaban J connectivity index is 1.67. The second-order valence-electron chi connectivity index (χ2n) is 8.57. The van der Waals surface area contributed by atoms with Gasteiger partial charge in [-0.2, -0.15) is 0 Å². The van der Waals surface area contributed by atoms with Crippen LogP contribution < -0.4 is 0 Å². The van der Waals surface area contributed by atoms with E-state index in [0.717, 1.165) is 35.6 Å².